The molecule has 0 aromatic heterocycles. The summed E-state index contributed by atoms with van der Waals surface area (Å²) in [6, 6.07) is 0. The van der Waals surface area contributed by atoms with Gasteiger partial charge < -0.3 is 9.69 Å². The number of piperidine rings is 1. The SMILES string of the molecule is CC(=O)CC1CCN(C(=O)C2CCCCC2)CC1. The Morgan fingerprint density at radius 3 is 2.17 bits per heavy atom. The third kappa shape index (κ3) is 3.56. The minimum Gasteiger partial charge on any atom is -0.342 e. The molecule has 1 heterocycles. The van der Waals surface area contributed by atoms with Crippen LogP contribution in [0.4, 0.5) is 0 Å². The molecule has 2 aliphatic rings. The maximum Gasteiger partial charge on any atom is 0.225 e. The Kier molecular flexibility index (Phi) is 4.79. The number of likely N-dealkylation sites (tertiary alicyclic amines) is 1. The second-order valence-electron chi connectivity index (χ2n) is 6.01. The fourth-order valence-corrected chi connectivity index (χ4v) is 3.37. The molecule has 1 aliphatic carbocycles. The van der Waals surface area contributed by atoms with Gasteiger partial charge in [0, 0.05) is 25.4 Å². The van der Waals surface area contributed by atoms with Crippen molar-refractivity contribution in [2.24, 2.45) is 11.8 Å². The molecule has 1 amide bonds. The van der Waals surface area contributed by atoms with Crippen molar-refractivity contribution in [3.05, 3.63) is 0 Å². The van der Waals surface area contributed by atoms with Gasteiger partial charge in [-0.3, -0.25) is 4.79 Å². The first kappa shape index (κ1) is 13.6. The Morgan fingerprint density at radius 2 is 1.61 bits per heavy atom. The molecule has 1 aliphatic heterocycles. The lowest BCUT2D eigenvalue weighted by molar-refractivity contribution is -0.138. The predicted octanol–water partition coefficient (Wildman–Crippen LogP) is 2.78. The summed E-state index contributed by atoms with van der Waals surface area (Å²) in [5.74, 6) is 1.48. The van der Waals surface area contributed by atoms with E-state index in [9.17, 15) is 9.59 Å². The molecule has 0 aromatic rings. The van der Waals surface area contributed by atoms with Gasteiger partial charge in [0.05, 0.1) is 0 Å². The van der Waals surface area contributed by atoms with Crippen molar-refractivity contribution in [3.8, 4) is 0 Å². The van der Waals surface area contributed by atoms with Gasteiger partial charge >= 0.3 is 0 Å². The van der Waals surface area contributed by atoms with Crippen LogP contribution in [0.2, 0.25) is 0 Å². The van der Waals surface area contributed by atoms with E-state index in [1.165, 1.54) is 19.3 Å². The van der Waals surface area contributed by atoms with Gasteiger partial charge in [0.1, 0.15) is 5.78 Å². The van der Waals surface area contributed by atoms with E-state index in [1.807, 2.05) is 4.90 Å². The van der Waals surface area contributed by atoms with Crippen molar-refractivity contribution in [2.45, 2.75) is 58.3 Å². The van der Waals surface area contributed by atoms with Gasteiger partial charge in [-0.25, -0.2) is 0 Å². The number of amides is 1. The quantitative estimate of drug-likeness (QED) is 0.773. The normalized spacial score (nSPS) is 23.1. The van der Waals surface area contributed by atoms with Crippen LogP contribution in [0.1, 0.15) is 58.3 Å². The highest BCUT2D eigenvalue weighted by Crippen LogP contribution is 2.28. The van der Waals surface area contributed by atoms with Crippen LogP contribution >= 0.6 is 0 Å². The van der Waals surface area contributed by atoms with Crippen LogP contribution in [0, 0.1) is 11.8 Å². The average molecular weight is 251 g/mol. The Hall–Kier alpha value is -0.860. The maximum absolute atomic E-state index is 12.3. The first-order chi connectivity index (χ1) is 8.66. The summed E-state index contributed by atoms with van der Waals surface area (Å²) < 4.78 is 0. The van der Waals surface area contributed by atoms with E-state index in [2.05, 4.69) is 0 Å². The topological polar surface area (TPSA) is 37.4 Å². The largest absolute Gasteiger partial charge is 0.342 e. The summed E-state index contributed by atoms with van der Waals surface area (Å²) in [6.07, 6.45) is 8.64. The molecule has 0 spiro atoms. The lowest BCUT2D eigenvalue weighted by Gasteiger charge is -2.35. The Balaban J connectivity index is 1.78. The molecular formula is C15H25NO2. The summed E-state index contributed by atoms with van der Waals surface area (Å²) in [4.78, 5) is 25.5. The number of Topliss-reactive ketones (excluding diaryl/α,β-unsaturated/α-hetero) is 1. The number of carbonyl (C=O) groups excluding carboxylic acids is 2. The molecule has 18 heavy (non-hydrogen) atoms. The number of carbonyl (C=O) groups is 2. The number of hydrogen-bond acceptors (Lipinski definition) is 2. The van der Waals surface area contributed by atoms with Gasteiger partial charge in [-0.2, -0.15) is 0 Å². The number of rotatable bonds is 3. The van der Waals surface area contributed by atoms with E-state index in [0.29, 0.717) is 24.2 Å². The molecule has 0 N–H and O–H groups in total. The lowest BCUT2D eigenvalue weighted by atomic mass is 9.86. The molecule has 0 atom stereocenters. The number of hydrogen-bond donors (Lipinski definition) is 0. The second-order valence-corrected chi connectivity index (χ2v) is 6.01. The van der Waals surface area contributed by atoms with Gasteiger partial charge in [-0.1, -0.05) is 19.3 Å². The highest BCUT2D eigenvalue weighted by atomic mass is 16.2. The van der Waals surface area contributed by atoms with Crippen molar-refractivity contribution >= 4 is 11.7 Å². The van der Waals surface area contributed by atoms with Gasteiger partial charge in [0.25, 0.3) is 0 Å². The molecule has 0 radical (unpaired) electrons. The third-order valence-corrected chi connectivity index (χ3v) is 4.46. The van der Waals surface area contributed by atoms with E-state index in [1.54, 1.807) is 6.92 Å². The minimum atomic E-state index is 0.284. The van der Waals surface area contributed by atoms with Crippen molar-refractivity contribution in [1.82, 2.24) is 4.90 Å². The summed E-state index contributed by atoms with van der Waals surface area (Å²) in [7, 11) is 0. The Bertz CT molecular complexity index is 300. The molecule has 0 bridgehead atoms. The van der Waals surface area contributed by atoms with Gasteiger partial charge in [0.2, 0.25) is 5.91 Å². The molecule has 1 saturated heterocycles. The monoisotopic (exact) mass is 251 g/mol. The fraction of sp³-hybridized carbons (Fsp3) is 0.867. The average Bonchev–Trinajstić information content (AvgIpc) is 2.39. The molecule has 0 aromatic carbocycles. The van der Waals surface area contributed by atoms with E-state index in [-0.39, 0.29) is 5.78 Å². The van der Waals surface area contributed by atoms with Crippen molar-refractivity contribution in [3.63, 3.8) is 0 Å². The standard InChI is InChI=1S/C15H25NO2/c1-12(17)11-13-7-9-16(10-8-13)15(18)14-5-3-2-4-6-14/h13-14H,2-11H2,1H3. The molecule has 2 fully saturated rings. The van der Waals surface area contributed by atoms with Crippen LogP contribution in [0.5, 0.6) is 0 Å². The zero-order valence-electron chi connectivity index (χ0n) is 11.5. The second kappa shape index (κ2) is 6.35. The van der Waals surface area contributed by atoms with E-state index in [4.69, 9.17) is 0 Å². The molecule has 102 valence electrons. The summed E-state index contributed by atoms with van der Waals surface area (Å²) in [6.45, 7) is 3.40. The molecule has 3 heteroatoms. The van der Waals surface area contributed by atoms with Crippen molar-refractivity contribution in [1.29, 1.82) is 0 Å². The molecule has 1 saturated carbocycles. The Morgan fingerprint density at radius 1 is 1.00 bits per heavy atom. The fourth-order valence-electron chi connectivity index (χ4n) is 3.37. The van der Waals surface area contributed by atoms with E-state index < -0.39 is 0 Å². The molecular weight excluding hydrogens is 226 g/mol. The maximum atomic E-state index is 12.3. The highest BCUT2D eigenvalue weighted by molar-refractivity contribution is 5.79. The first-order valence-electron chi connectivity index (χ1n) is 7.45. The lowest BCUT2D eigenvalue weighted by Crippen LogP contribution is -2.42. The van der Waals surface area contributed by atoms with Crippen LogP contribution in [0.3, 0.4) is 0 Å². The first-order valence-corrected chi connectivity index (χ1v) is 7.45. The van der Waals surface area contributed by atoms with Crippen LogP contribution in [0.15, 0.2) is 0 Å². The number of nitrogens with zero attached hydrogens (tertiary/aromatic N) is 1. The predicted molar refractivity (Wildman–Crippen MR) is 71.2 cm³/mol. The Labute approximate surface area is 110 Å². The van der Waals surface area contributed by atoms with Crippen LogP contribution in [-0.2, 0) is 9.59 Å². The molecule has 2 rings (SSSR count). The summed E-state index contributed by atoms with van der Waals surface area (Å²) in [5, 5.41) is 0. The summed E-state index contributed by atoms with van der Waals surface area (Å²) >= 11 is 0. The zero-order valence-corrected chi connectivity index (χ0v) is 11.5. The van der Waals surface area contributed by atoms with Gasteiger partial charge in [0.15, 0.2) is 0 Å². The number of ketones is 1. The van der Waals surface area contributed by atoms with E-state index >= 15 is 0 Å². The van der Waals surface area contributed by atoms with Crippen molar-refractivity contribution in [2.75, 3.05) is 13.1 Å². The highest BCUT2D eigenvalue weighted by Gasteiger charge is 2.29. The van der Waals surface area contributed by atoms with Gasteiger partial charge in [-0.05, 0) is 38.5 Å². The van der Waals surface area contributed by atoms with Crippen molar-refractivity contribution < 1.29 is 9.59 Å². The van der Waals surface area contributed by atoms with Crippen LogP contribution < -0.4 is 0 Å². The summed E-state index contributed by atoms with van der Waals surface area (Å²) in [5.41, 5.74) is 0. The van der Waals surface area contributed by atoms with Gasteiger partial charge in [-0.15, -0.1) is 0 Å². The van der Waals surface area contributed by atoms with E-state index in [0.717, 1.165) is 38.8 Å². The smallest absolute Gasteiger partial charge is 0.225 e. The molecule has 0 unspecified atom stereocenters. The third-order valence-electron chi connectivity index (χ3n) is 4.46. The molecule has 3 nitrogen and oxygen atoms in total. The van der Waals surface area contributed by atoms with Crippen LogP contribution in [-0.4, -0.2) is 29.7 Å². The zero-order chi connectivity index (χ0) is 13.0. The minimum absolute atomic E-state index is 0.284. The van der Waals surface area contributed by atoms with Crippen LogP contribution in [0.25, 0.3) is 0 Å².